The molecular formula is C21H23N3OS. The number of carbonyl (C=O) groups is 1. The normalized spacial score (nSPS) is 14.9. The maximum Gasteiger partial charge on any atom is 0.253 e. The topological polar surface area (TPSA) is 36.4 Å². The molecule has 3 aromatic rings. The van der Waals surface area contributed by atoms with Crippen LogP contribution in [0.2, 0.25) is 0 Å². The van der Waals surface area contributed by atoms with Gasteiger partial charge in [0.2, 0.25) is 0 Å². The van der Waals surface area contributed by atoms with Gasteiger partial charge in [0.25, 0.3) is 5.91 Å². The minimum absolute atomic E-state index is 0.129. The zero-order valence-electron chi connectivity index (χ0n) is 15.5. The quantitative estimate of drug-likeness (QED) is 0.683. The van der Waals surface area contributed by atoms with E-state index in [2.05, 4.69) is 30.9 Å². The maximum absolute atomic E-state index is 12.7. The highest BCUT2D eigenvalue weighted by Crippen LogP contribution is 2.33. The molecule has 2 aromatic carbocycles. The summed E-state index contributed by atoms with van der Waals surface area (Å²) in [5.74, 6) is 0.129. The van der Waals surface area contributed by atoms with Crippen LogP contribution in [0.3, 0.4) is 0 Å². The average molecular weight is 366 g/mol. The molecule has 0 saturated carbocycles. The van der Waals surface area contributed by atoms with Gasteiger partial charge in [-0.05, 0) is 44.0 Å². The zero-order chi connectivity index (χ0) is 18.3. The summed E-state index contributed by atoms with van der Waals surface area (Å²) < 4.78 is 1.28. The first-order valence-electron chi connectivity index (χ1n) is 9.00. The van der Waals surface area contributed by atoms with Crippen molar-refractivity contribution in [2.45, 2.75) is 20.8 Å². The van der Waals surface area contributed by atoms with E-state index >= 15 is 0 Å². The summed E-state index contributed by atoms with van der Waals surface area (Å²) in [6.45, 7) is 9.41. The van der Waals surface area contributed by atoms with Crippen molar-refractivity contribution >= 4 is 32.6 Å². The number of carbonyl (C=O) groups excluding carboxylic acids is 1. The van der Waals surface area contributed by atoms with Gasteiger partial charge < -0.3 is 9.80 Å². The van der Waals surface area contributed by atoms with E-state index in [1.807, 2.05) is 36.1 Å². The van der Waals surface area contributed by atoms with Crippen LogP contribution >= 0.6 is 11.3 Å². The third kappa shape index (κ3) is 3.07. The molecule has 0 bridgehead atoms. The Morgan fingerprint density at radius 1 is 1.00 bits per heavy atom. The van der Waals surface area contributed by atoms with Crippen molar-refractivity contribution in [2.75, 3.05) is 31.1 Å². The van der Waals surface area contributed by atoms with E-state index in [0.29, 0.717) is 0 Å². The van der Waals surface area contributed by atoms with Gasteiger partial charge in [0.05, 0.1) is 10.2 Å². The molecule has 0 unspecified atom stereocenters. The Bertz CT molecular complexity index is 932. The number of thiazole rings is 1. The molecule has 1 amide bonds. The monoisotopic (exact) mass is 365 g/mol. The average Bonchev–Trinajstić information content (AvgIpc) is 3.11. The number of anilines is 1. The number of aromatic nitrogens is 1. The van der Waals surface area contributed by atoms with E-state index in [4.69, 9.17) is 4.98 Å². The molecule has 5 heteroatoms. The lowest BCUT2D eigenvalue weighted by molar-refractivity contribution is 0.0746. The second-order valence-corrected chi connectivity index (χ2v) is 8.00. The molecule has 0 spiro atoms. The molecule has 0 atom stereocenters. The highest BCUT2D eigenvalue weighted by atomic mass is 32.1. The van der Waals surface area contributed by atoms with Crippen LogP contribution in [0.4, 0.5) is 5.13 Å². The fraction of sp³-hybridized carbons (Fsp3) is 0.333. The molecule has 4 nitrogen and oxygen atoms in total. The van der Waals surface area contributed by atoms with Crippen molar-refractivity contribution in [3.8, 4) is 0 Å². The molecule has 0 N–H and O–H groups in total. The summed E-state index contributed by atoms with van der Waals surface area (Å²) >= 11 is 1.76. The molecule has 1 fully saturated rings. The Morgan fingerprint density at radius 3 is 2.42 bits per heavy atom. The van der Waals surface area contributed by atoms with Crippen LogP contribution in [0.25, 0.3) is 10.2 Å². The molecule has 1 aliphatic rings. The number of piperazine rings is 1. The van der Waals surface area contributed by atoms with Crippen LogP contribution in [0.5, 0.6) is 0 Å². The Labute approximate surface area is 158 Å². The molecule has 2 heterocycles. The van der Waals surface area contributed by atoms with E-state index in [-0.39, 0.29) is 5.91 Å². The van der Waals surface area contributed by atoms with Crippen LogP contribution < -0.4 is 4.90 Å². The van der Waals surface area contributed by atoms with Crippen LogP contribution in [0.1, 0.15) is 27.0 Å². The summed E-state index contributed by atoms with van der Waals surface area (Å²) in [6, 6.07) is 12.1. The number of fused-ring (bicyclic) bond motifs is 1. The molecule has 0 radical (unpaired) electrons. The van der Waals surface area contributed by atoms with Gasteiger partial charge in [-0.3, -0.25) is 4.79 Å². The van der Waals surface area contributed by atoms with Gasteiger partial charge in [0, 0.05) is 31.7 Å². The predicted octanol–water partition coefficient (Wildman–Crippen LogP) is 4.18. The van der Waals surface area contributed by atoms with Crippen molar-refractivity contribution in [3.05, 3.63) is 58.7 Å². The van der Waals surface area contributed by atoms with Crippen molar-refractivity contribution in [3.63, 3.8) is 0 Å². The first kappa shape index (κ1) is 17.0. The summed E-state index contributed by atoms with van der Waals surface area (Å²) in [4.78, 5) is 21.9. The minimum Gasteiger partial charge on any atom is -0.345 e. The lowest BCUT2D eigenvalue weighted by Gasteiger charge is -2.34. The second kappa shape index (κ2) is 6.72. The van der Waals surface area contributed by atoms with Gasteiger partial charge in [0.1, 0.15) is 0 Å². The van der Waals surface area contributed by atoms with Crippen LogP contribution in [-0.4, -0.2) is 42.0 Å². The van der Waals surface area contributed by atoms with Crippen LogP contribution in [-0.2, 0) is 0 Å². The molecular weight excluding hydrogens is 342 g/mol. The summed E-state index contributed by atoms with van der Waals surface area (Å²) in [5.41, 5.74) is 5.52. The SMILES string of the molecule is Cc1cccc(C(=O)N2CCN(c3nc4c(C)ccc(C)c4s3)CC2)c1. The van der Waals surface area contributed by atoms with E-state index in [0.717, 1.165) is 48.0 Å². The lowest BCUT2D eigenvalue weighted by Crippen LogP contribution is -2.48. The molecule has 1 aromatic heterocycles. The molecule has 134 valence electrons. The van der Waals surface area contributed by atoms with Crippen molar-refractivity contribution in [1.82, 2.24) is 9.88 Å². The minimum atomic E-state index is 0.129. The maximum atomic E-state index is 12.7. The van der Waals surface area contributed by atoms with Gasteiger partial charge in [-0.2, -0.15) is 0 Å². The predicted molar refractivity (Wildman–Crippen MR) is 108 cm³/mol. The third-order valence-corrected chi connectivity index (χ3v) is 6.28. The van der Waals surface area contributed by atoms with Gasteiger partial charge in [0.15, 0.2) is 5.13 Å². The number of hydrogen-bond donors (Lipinski definition) is 0. The highest BCUT2D eigenvalue weighted by Gasteiger charge is 2.24. The van der Waals surface area contributed by atoms with E-state index < -0.39 is 0 Å². The Kier molecular flexibility index (Phi) is 4.41. The van der Waals surface area contributed by atoms with E-state index in [1.165, 1.54) is 15.8 Å². The molecule has 4 rings (SSSR count). The Balaban J connectivity index is 1.49. The van der Waals surface area contributed by atoms with Crippen LogP contribution in [0.15, 0.2) is 36.4 Å². The summed E-state index contributed by atoms with van der Waals surface area (Å²) in [7, 11) is 0. The number of aryl methyl sites for hydroxylation is 3. The molecule has 1 saturated heterocycles. The summed E-state index contributed by atoms with van der Waals surface area (Å²) in [5, 5.41) is 1.07. The Morgan fingerprint density at radius 2 is 1.73 bits per heavy atom. The van der Waals surface area contributed by atoms with Gasteiger partial charge in [-0.15, -0.1) is 0 Å². The van der Waals surface area contributed by atoms with Gasteiger partial charge >= 0.3 is 0 Å². The number of rotatable bonds is 2. The molecule has 1 aliphatic heterocycles. The molecule has 26 heavy (non-hydrogen) atoms. The first-order valence-corrected chi connectivity index (χ1v) is 9.82. The fourth-order valence-corrected chi connectivity index (χ4v) is 4.61. The van der Waals surface area contributed by atoms with Crippen molar-refractivity contribution < 1.29 is 4.79 Å². The van der Waals surface area contributed by atoms with Gasteiger partial charge in [-0.25, -0.2) is 4.98 Å². The standard InChI is InChI=1S/C21H23N3OS/c1-14-5-4-6-17(13-14)20(25)23-9-11-24(12-10-23)21-22-18-15(2)7-8-16(3)19(18)26-21/h4-8,13H,9-12H2,1-3H3. The molecule has 0 aliphatic carbocycles. The second-order valence-electron chi connectivity index (χ2n) is 7.02. The van der Waals surface area contributed by atoms with E-state index in [1.54, 1.807) is 11.3 Å². The van der Waals surface area contributed by atoms with E-state index in [9.17, 15) is 4.79 Å². The number of benzene rings is 2. The smallest absolute Gasteiger partial charge is 0.253 e. The van der Waals surface area contributed by atoms with Crippen molar-refractivity contribution in [2.24, 2.45) is 0 Å². The largest absolute Gasteiger partial charge is 0.345 e. The number of hydrogen-bond acceptors (Lipinski definition) is 4. The summed E-state index contributed by atoms with van der Waals surface area (Å²) in [6.07, 6.45) is 0. The Hall–Kier alpha value is -2.40. The first-order chi connectivity index (χ1) is 12.5. The number of amides is 1. The van der Waals surface area contributed by atoms with Crippen LogP contribution in [0, 0.1) is 20.8 Å². The highest BCUT2D eigenvalue weighted by molar-refractivity contribution is 7.22. The number of nitrogens with zero attached hydrogens (tertiary/aromatic N) is 3. The van der Waals surface area contributed by atoms with Crippen molar-refractivity contribution in [1.29, 1.82) is 0 Å². The fourth-order valence-electron chi connectivity index (χ4n) is 3.44. The van der Waals surface area contributed by atoms with Gasteiger partial charge in [-0.1, -0.05) is 41.2 Å². The lowest BCUT2D eigenvalue weighted by atomic mass is 10.1. The third-order valence-electron chi connectivity index (χ3n) is 5.03. The zero-order valence-corrected chi connectivity index (χ0v) is 16.3.